The lowest BCUT2D eigenvalue weighted by molar-refractivity contribution is 0.246. The van der Waals surface area contributed by atoms with Crippen molar-refractivity contribution in [3.8, 4) is 28.3 Å². The largest absolute Gasteiger partial charge is 0.354 e. The molecule has 0 bridgehead atoms. The predicted molar refractivity (Wildman–Crippen MR) is 152 cm³/mol. The smallest absolute Gasteiger partial charge is 0.128 e. The van der Waals surface area contributed by atoms with Gasteiger partial charge in [-0.2, -0.15) is 10.4 Å². The Bertz CT molecular complexity index is 1610. The van der Waals surface area contributed by atoms with E-state index in [2.05, 4.69) is 81.2 Å². The zero-order chi connectivity index (χ0) is 26.8. The lowest BCUT2D eigenvalue weighted by Crippen LogP contribution is -2.46. The molecule has 1 fully saturated rings. The second kappa shape index (κ2) is 10.6. The first-order valence-electron chi connectivity index (χ1n) is 13.3. The van der Waals surface area contributed by atoms with E-state index in [-0.39, 0.29) is 0 Å². The number of fused-ring (bicyclic) bond motifs is 1. The van der Waals surface area contributed by atoms with Crippen LogP contribution in [0.4, 0.5) is 5.82 Å². The average Bonchev–Trinajstić information content (AvgIpc) is 3.41. The number of pyridine rings is 4. The zero-order valence-corrected chi connectivity index (χ0v) is 22.2. The van der Waals surface area contributed by atoms with Crippen LogP contribution in [0.3, 0.4) is 0 Å². The Hall–Kier alpha value is -4.61. The van der Waals surface area contributed by atoms with Gasteiger partial charge in [0.05, 0.1) is 23.0 Å². The number of hydrogen-bond acceptors (Lipinski definition) is 7. The van der Waals surface area contributed by atoms with Gasteiger partial charge in [0.15, 0.2) is 0 Å². The van der Waals surface area contributed by atoms with Gasteiger partial charge in [0.1, 0.15) is 11.9 Å². The van der Waals surface area contributed by atoms with Crippen LogP contribution in [0.1, 0.15) is 36.7 Å². The first-order chi connectivity index (χ1) is 19.1. The molecule has 1 saturated heterocycles. The minimum absolute atomic E-state index is 0.370. The third-order valence-electron chi connectivity index (χ3n) is 7.31. The molecule has 0 spiro atoms. The maximum absolute atomic E-state index is 9.75. The molecule has 0 atom stereocenters. The molecule has 0 N–H and O–H groups in total. The quantitative estimate of drug-likeness (QED) is 0.309. The van der Waals surface area contributed by atoms with E-state index in [1.165, 1.54) is 0 Å². The van der Waals surface area contributed by atoms with Gasteiger partial charge in [-0.05, 0) is 42.3 Å². The summed E-state index contributed by atoms with van der Waals surface area (Å²) < 4.78 is 1.79. The van der Waals surface area contributed by atoms with Gasteiger partial charge >= 0.3 is 0 Å². The molecule has 0 radical (unpaired) electrons. The summed E-state index contributed by atoms with van der Waals surface area (Å²) in [6, 6.07) is 18.8. The Balaban J connectivity index is 1.25. The summed E-state index contributed by atoms with van der Waals surface area (Å²) in [7, 11) is 0. The first kappa shape index (κ1) is 24.7. The molecular formula is C31H30N8. The Labute approximate surface area is 228 Å². The second-order valence-corrected chi connectivity index (χ2v) is 10.2. The SMILES string of the molecule is CC(C)c1ccc(-c2cc(-c3ccc(N4CCN(Cc5ccccn5)CC4)nc3)c3c(C#N)cnn3c2)cn1. The van der Waals surface area contributed by atoms with Crippen LogP contribution in [0.2, 0.25) is 0 Å². The summed E-state index contributed by atoms with van der Waals surface area (Å²) in [5, 5.41) is 14.2. The second-order valence-electron chi connectivity index (χ2n) is 10.2. The summed E-state index contributed by atoms with van der Waals surface area (Å²) in [5.74, 6) is 1.33. The van der Waals surface area contributed by atoms with E-state index in [0.717, 1.165) is 77.7 Å². The fourth-order valence-corrected chi connectivity index (χ4v) is 5.09. The molecule has 6 rings (SSSR count). The summed E-state index contributed by atoms with van der Waals surface area (Å²) >= 11 is 0. The molecule has 0 aromatic carbocycles. The van der Waals surface area contributed by atoms with Crippen LogP contribution in [0.25, 0.3) is 27.8 Å². The van der Waals surface area contributed by atoms with Crippen LogP contribution >= 0.6 is 0 Å². The number of rotatable bonds is 6. The van der Waals surface area contributed by atoms with Crippen molar-refractivity contribution in [2.45, 2.75) is 26.3 Å². The number of anilines is 1. The lowest BCUT2D eigenvalue weighted by atomic mass is 10.00. The molecule has 1 aliphatic heterocycles. The molecule has 5 aromatic heterocycles. The highest BCUT2D eigenvalue weighted by Crippen LogP contribution is 2.32. The highest BCUT2D eigenvalue weighted by Gasteiger charge is 2.19. The molecule has 194 valence electrons. The van der Waals surface area contributed by atoms with Gasteiger partial charge in [-0.25, -0.2) is 9.50 Å². The minimum Gasteiger partial charge on any atom is -0.354 e. The van der Waals surface area contributed by atoms with Crippen LogP contribution in [0, 0.1) is 11.3 Å². The molecule has 0 unspecified atom stereocenters. The van der Waals surface area contributed by atoms with Crippen molar-refractivity contribution in [2.24, 2.45) is 0 Å². The predicted octanol–water partition coefficient (Wildman–Crippen LogP) is 5.17. The fraction of sp³-hybridized carbons (Fsp3) is 0.258. The van der Waals surface area contributed by atoms with Crippen molar-refractivity contribution < 1.29 is 0 Å². The van der Waals surface area contributed by atoms with Gasteiger partial charge in [-0.3, -0.25) is 14.9 Å². The van der Waals surface area contributed by atoms with Gasteiger partial charge in [0, 0.05) is 85.5 Å². The summed E-state index contributed by atoms with van der Waals surface area (Å²) in [4.78, 5) is 18.7. The molecule has 0 amide bonds. The van der Waals surface area contributed by atoms with Crippen LogP contribution in [0.5, 0.6) is 0 Å². The Morgan fingerprint density at radius 2 is 1.69 bits per heavy atom. The van der Waals surface area contributed by atoms with Crippen LogP contribution in [-0.4, -0.2) is 55.6 Å². The van der Waals surface area contributed by atoms with Crippen molar-refractivity contribution in [1.82, 2.24) is 29.5 Å². The Morgan fingerprint density at radius 1 is 0.872 bits per heavy atom. The molecule has 1 aliphatic rings. The number of nitrogens with zero attached hydrogens (tertiary/aromatic N) is 8. The van der Waals surface area contributed by atoms with Gasteiger partial charge < -0.3 is 4.90 Å². The Morgan fingerprint density at radius 3 is 2.36 bits per heavy atom. The fourth-order valence-electron chi connectivity index (χ4n) is 5.09. The van der Waals surface area contributed by atoms with Crippen molar-refractivity contribution >= 4 is 11.3 Å². The van der Waals surface area contributed by atoms with Crippen LogP contribution in [0.15, 0.2) is 79.5 Å². The summed E-state index contributed by atoms with van der Waals surface area (Å²) in [6.45, 7) is 8.91. The van der Waals surface area contributed by atoms with Gasteiger partial charge in [-0.1, -0.05) is 26.0 Å². The average molecular weight is 515 g/mol. The summed E-state index contributed by atoms with van der Waals surface area (Å²) in [5.41, 5.74) is 7.35. The van der Waals surface area contributed by atoms with E-state index in [1.807, 2.05) is 36.9 Å². The van der Waals surface area contributed by atoms with E-state index >= 15 is 0 Å². The molecule has 39 heavy (non-hydrogen) atoms. The van der Waals surface area contributed by atoms with E-state index in [9.17, 15) is 5.26 Å². The minimum atomic E-state index is 0.370. The highest BCUT2D eigenvalue weighted by atomic mass is 15.3. The Kier molecular flexibility index (Phi) is 6.74. The molecular weight excluding hydrogens is 484 g/mol. The molecule has 8 heteroatoms. The van der Waals surface area contributed by atoms with Crippen LogP contribution in [-0.2, 0) is 6.54 Å². The van der Waals surface area contributed by atoms with E-state index in [0.29, 0.717) is 11.5 Å². The number of piperazine rings is 1. The van der Waals surface area contributed by atoms with Crippen molar-refractivity contribution in [3.05, 3.63) is 96.5 Å². The topological polar surface area (TPSA) is 86.2 Å². The monoisotopic (exact) mass is 514 g/mol. The molecule has 0 saturated carbocycles. The standard InChI is InChI=1S/C31H30N8/c1-22(2)29-8-6-23(17-34-29)25-15-28(31-26(16-32)19-36-39(31)20-25)24-7-9-30(35-18-24)38-13-11-37(12-14-38)21-27-5-3-4-10-33-27/h3-10,15,17-20,22H,11-14,21H2,1-2H3. The van der Waals surface area contributed by atoms with E-state index in [1.54, 1.807) is 10.7 Å². The first-order valence-corrected chi connectivity index (χ1v) is 13.3. The van der Waals surface area contributed by atoms with Gasteiger partial charge in [0.25, 0.3) is 0 Å². The molecule has 8 nitrogen and oxygen atoms in total. The lowest BCUT2D eigenvalue weighted by Gasteiger charge is -2.35. The number of nitriles is 1. The zero-order valence-electron chi connectivity index (χ0n) is 22.2. The number of hydrogen-bond donors (Lipinski definition) is 0. The van der Waals surface area contributed by atoms with E-state index in [4.69, 9.17) is 4.98 Å². The summed E-state index contributed by atoms with van der Waals surface area (Å²) in [6.07, 6.45) is 9.24. The highest BCUT2D eigenvalue weighted by molar-refractivity contribution is 5.87. The molecule has 5 aromatic rings. The van der Waals surface area contributed by atoms with E-state index < -0.39 is 0 Å². The maximum Gasteiger partial charge on any atom is 0.128 e. The van der Waals surface area contributed by atoms with Gasteiger partial charge in [0.2, 0.25) is 0 Å². The number of aromatic nitrogens is 5. The molecule has 6 heterocycles. The normalized spacial score (nSPS) is 14.2. The third-order valence-corrected chi connectivity index (χ3v) is 7.31. The maximum atomic E-state index is 9.75. The van der Waals surface area contributed by atoms with Crippen molar-refractivity contribution in [3.63, 3.8) is 0 Å². The molecule has 0 aliphatic carbocycles. The third kappa shape index (κ3) is 5.09. The van der Waals surface area contributed by atoms with Crippen molar-refractivity contribution in [2.75, 3.05) is 31.1 Å². The van der Waals surface area contributed by atoms with Crippen LogP contribution < -0.4 is 4.90 Å². The van der Waals surface area contributed by atoms with Gasteiger partial charge in [-0.15, -0.1) is 0 Å². The van der Waals surface area contributed by atoms with Crippen molar-refractivity contribution in [1.29, 1.82) is 5.26 Å².